The van der Waals surface area contributed by atoms with Gasteiger partial charge in [0.25, 0.3) is 17.7 Å². The molecule has 2 heterocycles. The smallest absolute Gasteiger partial charge is 0.266 e. The zero-order valence-corrected chi connectivity index (χ0v) is 18.8. The van der Waals surface area contributed by atoms with Crippen LogP contribution in [0.5, 0.6) is 5.75 Å². The molecule has 3 aromatic rings. The molecule has 5 rings (SSSR count). The zero-order chi connectivity index (χ0) is 23.3. The number of anilines is 1. The highest BCUT2D eigenvalue weighted by atomic mass is 16.5. The molecule has 0 saturated heterocycles. The van der Waals surface area contributed by atoms with E-state index >= 15 is 0 Å². The maximum atomic E-state index is 13.2. The Kier molecular flexibility index (Phi) is 5.01. The molecule has 1 N–H and O–H groups in total. The standard InChI is InChI=1S/C27H24N2O4/c1-15-5-9-24-21(12-15)22(10-11-33-24)28-25(30)18-7-8-19-20(14-18)27(32)29(26(19)31)23-13-16(2)4-6-17(23)3/h4-9,12-14,22H,10-11H2,1-3H3,(H,28,30). The molecular weight excluding hydrogens is 416 g/mol. The molecule has 0 spiro atoms. The number of fused-ring (bicyclic) bond motifs is 2. The predicted octanol–water partition coefficient (Wildman–Crippen LogP) is 4.67. The van der Waals surface area contributed by atoms with Crippen molar-refractivity contribution in [2.45, 2.75) is 33.2 Å². The number of aryl methyl sites for hydroxylation is 3. The van der Waals surface area contributed by atoms with Crippen LogP contribution in [0.15, 0.2) is 54.6 Å². The van der Waals surface area contributed by atoms with Crippen molar-refractivity contribution >= 4 is 23.4 Å². The van der Waals surface area contributed by atoms with Crippen molar-refractivity contribution in [2.24, 2.45) is 0 Å². The van der Waals surface area contributed by atoms with Gasteiger partial charge in [-0.1, -0.05) is 29.8 Å². The van der Waals surface area contributed by atoms with Gasteiger partial charge in [-0.15, -0.1) is 0 Å². The quantitative estimate of drug-likeness (QED) is 0.601. The summed E-state index contributed by atoms with van der Waals surface area (Å²) in [7, 11) is 0. The van der Waals surface area contributed by atoms with Crippen LogP contribution in [0, 0.1) is 20.8 Å². The van der Waals surface area contributed by atoms with E-state index in [0.29, 0.717) is 29.8 Å². The third-order valence-corrected chi connectivity index (χ3v) is 6.26. The van der Waals surface area contributed by atoms with Gasteiger partial charge < -0.3 is 10.1 Å². The molecule has 0 fully saturated rings. The first-order valence-electron chi connectivity index (χ1n) is 11.0. The third kappa shape index (κ3) is 3.57. The molecular formula is C27H24N2O4. The van der Waals surface area contributed by atoms with Crippen LogP contribution in [-0.4, -0.2) is 24.3 Å². The van der Waals surface area contributed by atoms with E-state index in [1.54, 1.807) is 12.1 Å². The first kappa shape index (κ1) is 20.9. The van der Waals surface area contributed by atoms with Gasteiger partial charge >= 0.3 is 0 Å². The molecule has 1 unspecified atom stereocenters. The average molecular weight is 440 g/mol. The summed E-state index contributed by atoms with van der Waals surface area (Å²) in [6.07, 6.45) is 0.658. The molecule has 166 valence electrons. The van der Waals surface area contributed by atoms with Crippen LogP contribution in [0.25, 0.3) is 0 Å². The molecule has 1 atom stereocenters. The fraction of sp³-hybridized carbons (Fsp3) is 0.222. The lowest BCUT2D eigenvalue weighted by Crippen LogP contribution is -2.32. The highest BCUT2D eigenvalue weighted by Crippen LogP contribution is 2.34. The van der Waals surface area contributed by atoms with E-state index in [2.05, 4.69) is 5.32 Å². The third-order valence-electron chi connectivity index (χ3n) is 6.26. The fourth-order valence-corrected chi connectivity index (χ4v) is 4.47. The number of carbonyl (C=O) groups excluding carboxylic acids is 3. The Morgan fingerprint density at radius 2 is 1.64 bits per heavy atom. The van der Waals surface area contributed by atoms with Gasteiger partial charge in [0, 0.05) is 17.5 Å². The number of nitrogens with one attached hydrogen (secondary N) is 1. The highest BCUT2D eigenvalue weighted by Gasteiger charge is 2.38. The van der Waals surface area contributed by atoms with E-state index in [0.717, 1.165) is 28.0 Å². The van der Waals surface area contributed by atoms with Gasteiger partial charge in [-0.2, -0.15) is 0 Å². The number of amides is 3. The second kappa shape index (κ2) is 7.89. The Hall–Kier alpha value is -3.93. The van der Waals surface area contributed by atoms with Crippen molar-refractivity contribution in [1.82, 2.24) is 5.32 Å². The second-order valence-corrected chi connectivity index (χ2v) is 8.70. The molecule has 33 heavy (non-hydrogen) atoms. The molecule has 0 aromatic heterocycles. The summed E-state index contributed by atoms with van der Waals surface area (Å²) in [6.45, 7) is 6.30. The van der Waals surface area contributed by atoms with Crippen LogP contribution < -0.4 is 15.0 Å². The summed E-state index contributed by atoms with van der Waals surface area (Å²) in [5, 5.41) is 3.07. The molecule has 0 radical (unpaired) electrons. The van der Waals surface area contributed by atoms with Gasteiger partial charge in [0.05, 0.1) is 29.5 Å². The van der Waals surface area contributed by atoms with Crippen molar-refractivity contribution < 1.29 is 19.1 Å². The predicted molar refractivity (Wildman–Crippen MR) is 125 cm³/mol. The topological polar surface area (TPSA) is 75.7 Å². The number of imide groups is 1. The lowest BCUT2D eigenvalue weighted by atomic mass is 9.98. The van der Waals surface area contributed by atoms with Crippen molar-refractivity contribution in [1.29, 1.82) is 0 Å². The van der Waals surface area contributed by atoms with Crippen LogP contribution in [-0.2, 0) is 0 Å². The minimum atomic E-state index is -0.412. The molecule has 3 amide bonds. The molecule has 0 aliphatic carbocycles. The maximum Gasteiger partial charge on any atom is 0.266 e. The van der Waals surface area contributed by atoms with Gasteiger partial charge in [-0.25, -0.2) is 4.90 Å². The fourth-order valence-electron chi connectivity index (χ4n) is 4.47. The Morgan fingerprint density at radius 1 is 0.909 bits per heavy atom. The lowest BCUT2D eigenvalue weighted by Gasteiger charge is -2.27. The molecule has 2 aliphatic heterocycles. The van der Waals surface area contributed by atoms with Crippen LogP contribution in [0.4, 0.5) is 5.69 Å². The van der Waals surface area contributed by atoms with E-state index in [9.17, 15) is 14.4 Å². The SMILES string of the molecule is Cc1ccc2c(c1)C(NC(=O)c1ccc3c(c1)C(=O)N(c1cc(C)ccc1C)C3=O)CCO2. The van der Waals surface area contributed by atoms with Crippen molar-refractivity contribution in [3.63, 3.8) is 0 Å². The molecule has 2 aliphatic rings. The minimum absolute atomic E-state index is 0.182. The van der Waals surface area contributed by atoms with Crippen molar-refractivity contribution in [2.75, 3.05) is 11.5 Å². The van der Waals surface area contributed by atoms with E-state index in [-0.39, 0.29) is 23.4 Å². The van der Waals surface area contributed by atoms with Crippen LogP contribution in [0.2, 0.25) is 0 Å². The Labute approximate surface area is 192 Å². The second-order valence-electron chi connectivity index (χ2n) is 8.70. The molecule has 6 nitrogen and oxygen atoms in total. The Morgan fingerprint density at radius 3 is 2.45 bits per heavy atom. The van der Waals surface area contributed by atoms with Gasteiger partial charge in [-0.05, 0) is 62.2 Å². The van der Waals surface area contributed by atoms with Crippen LogP contribution >= 0.6 is 0 Å². The molecule has 3 aromatic carbocycles. The van der Waals surface area contributed by atoms with E-state index < -0.39 is 5.91 Å². The largest absolute Gasteiger partial charge is 0.493 e. The van der Waals surface area contributed by atoms with Gasteiger partial charge in [0.1, 0.15) is 5.75 Å². The maximum absolute atomic E-state index is 13.2. The first-order valence-corrected chi connectivity index (χ1v) is 11.0. The summed E-state index contributed by atoms with van der Waals surface area (Å²) in [5.74, 6) is -0.298. The van der Waals surface area contributed by atoms with Crippen LogP contribution in [0.3, 0.4) is 0 Å². The normalized spacial score (nSPS) is 16.8. The summed E-state index contributed by atoms with van der Waals surface area (Å²) < 4.78 is 5.72. The monoisotopic (exact) mass is 440 g/mol. The summed E-state index contributed by atoms with van der Waals surface area (Å²) in [6, 6.07) is 16.1. The van der Waals surface area contributed by atoms with Crippen molar-refractivity contribution in [3.8, 4) is 5.75 Å². The molecule has 6 heteroatoms. The van der Waals surface area contributed by atoms with E-state index in [4.69, 9.17) is 4.74 Å². The Bertz CT molecular complexity index is 1330. The van der Waals surface area contributed by atoms with Gasteiger partial charge in [0.15, 0.2) is 0 Å². The van der Waals surface area contributed by atoms with Gasteiger partial charge in [-0.3, -0.25) is 14.4 Å². The number of hydrogen-bond donors (Lipinski definition) is 1. The highest BCUT2D eigenvalue weighted by molar-refractivity contribution is 6.35. The Balaban J connectivity index is 1.43. The summed E-state index contributed by atoms with van der Waals surface area (Å²) in [4.78, 5) is 40.5. The average Bonchev–Trinajstić information content (AvgIpc) is 3.05. The number of carbonyl (C=O) groups is 3. The molecule has 0 saturated carbocycles. The molecule has 0 bridgehead atoms. The van der Waals surface area contributed by atoms with Crippen LogP contribution in [0.1, 0.15) is 65.8 Å². The number of hydrogen-bond acceptors (Lipinski definition) is 4. The van der Waals surface area contributed by atoms with Crippen molar-refractivity contribution in [3.05, 3.63) is 93.5 Å². The van der Waals surface area contributed by atoms with E-state index in [1.165, 1.54) is 11.0 Å². The minimum Gasteiger partial charge on any atom is -0.493 e. The van der Waals surface area contributed by atoms with E-state index in [1.807, 2.05) is 57.2 Å². The summed E-state index contributed by atoms with van der Waals surface area (Å²) in [5.41, 5.74) is 5.30. The number of benzene rings is 3. The lowest BCUT2D eigenvalue weighted by molar-refractivity contribution is 0.0916. The number of ether oxygens (including phenoxy) is 1. The zero-order valence-electron chi connectivity index (χ0n) is 18.8. The van der Waals surface area contributed by atoms with Gasteiger partial charge in [0.2, 0.25) is 0 Å². The number of rotatable bonds is 3. The summed E-state index contributed by atoms with van der Waals surface area (Å²) >= 11 is 0. The first-order chi connectivity index (χ1) is 15.8. The number of nitrogens with zero attached hydrogens (tertiary/aromatic N) is 1.